The zero-order valence-corrected chi connectivity index (χ0v) is 15.8. The Bertz CT molecular complexity index is 1290. The van der Waals surface area contributed by atoms with E-state index in [0.717, 1.165) is 28.3 Å². The summed E-state index contributed by atoms with van der Waals surface area (Å²) in [5, 5.41) is 10.4. The maximum atomic E-state index is 13.4. The Morgan fingerprint density at radius 1 is 1.13 bits per heavy atom. The summed E-state index contributed by atoms with van der Waals surface area (Å²) in [5.74, 6) is -1.83. The summed E-state index contributed by atoms with van der Waals surface area (Å²) < 4.78 is 29.2. The van der Waals surface area contributed by atoms with Crippen LogP contribution in [0.4, 0.5) is 14.5 Å². The molecule has 2 aromatic carbocycles. The topological polar surface area (TPSA) is 94.7 Å². The molecular formula is C20H16F2N6O2. The van der Waals surface area contributed by atoms with Crippen LogP contribution in [-0.4, -0.2) is 30.5 Å². The Hall–Kier alpha value is -3.95. The van der Waals surface area contributed by atoms with Crippen LogP contribution in [0.15, 0.2) is 53.6 Å². The van der Waals surface area contributed by atoms with Gasteiger partial charge in [-0.3, -0.25) is 14.2 Å². The third-order valence-electron chi connectivity index (χ3n) is 4.36. The SMILES string of the molecule is Cc1cccc(NC(=O)Cn2cnc3c(nnn3Cc3cc(F)cc(F)c3)c2=O)c1. The number of aromatic nitrogens is 5. The highest BCUT2D eigenvalue weighted by Gasteiger charge is 2.15. The van der Waals surface area contributed by atoms with Crippen LogP contribution >= 0.6 is 0 Å². The first-order valence-electron chi connectivity index (χ1n) is 8.99. The minimum atomic E-state index is -0.718. The smallest absolute Gasteiger partial charge is 0.283 e. The number of rotatable bonds is 5. The standard InChI is InChI=1S/C20H16F2N6O2/c1-12-3-2-4-16(5-12)24-17(29)10-27-11-23-19-18(20(27)30)25-26-28(19)9-13-6-14(21)8-15(22)7-13/h2-8,11H,9-10H2,1H3,(H,24,29). The first-order valence-corrected chi connectivity index (χ1v) is 8.99. The lowest BCUT2D eigenvalue weighted by atomic mass is 10.2. The lowest BCUT2D eigenvalue weighted by molar-refractivity contribution is -0.116. The van der Waals surface area contributed by atoms with Crippen molar-refractivity contribution in [2.24, 2.45) is 0 Å². The fourth-order valence-electron chi connectivity index (χ4n) is 3.06. The molecule has 0 aliphatic rings. The van der Waals surface area contributed by atoms with Gasteiger partial charge in [0.15, 0.2) is 11.2 Å². The Morgan fingerprint density at radius 3 is 2.63 bits per heavy atom. The van der Waals surface area contributed by atoms with Crippen LogP contribution in [-0.2, 0) is 17.9 Å². The van der Waals surface area contributed by atoms with Gasteiger partial charge in [-0.1, -0.05) is 17.3 Å². The Balaban J connectivity index is 1.56. The maximum Gasteiger partial charge on any atom is 0.283 e. The second-order valence-electron chi connectivity index (χ2n) is 6.79. The normalized spacial score (nSPS) is 11.0. The van der Waals surface area contributed by atoms with Crippen LogP contribution in [0.1, 0.15) is 11.1 Å². The molecule has 2 aromatic heterocycles. The van der Waals surface area contributed by atoms with Crippen molar-refractivity contribution in [1.82, 2.24) is 24.5 Å². The van der Waals surface area contributed by atoms with Gasteiger partial charge in [0.05, 0.1) is 6.54 Å². The molecule has 1 N–H and O–H groups in total. The molecule has 0 saturated carbocycles. The van der Waals surface area contributed by atoms with E-state index in [-0.39, 0.29) is 24.3 Å². The summed E-state index contributed by atoms with van der Waals surface area (Å²) in [6.07, 6.45) is 1.21. The number of hydrogen-bond donors (Lipinski definition) is 1. The maximum absolute atomic E-state index is 13.4. The van der Waals surface area contributed by atoms with E-state index in [9.17, 15) is 18.4 Å². The Morgan fingerprint density at radius 2 is 1.90 bits per heavy atom. The van der Waals surface area contributed by atoms with Crippen LogP contribution in [0.25, 0.3) is 11.2 Å². The molecule has 8 nitrogen and oxygen atoms in total. The average Bonchev–Trinajstić information content (AvgIpc) is 3.06. The molecule has 0 aliphatic carbocycles. The van der Waals surface area contributed by atoms with Gasteiger partial charge in [-0.25, -0.2) is 18.4 Å². The Labute approximate surface area is 168 Å². The number of amides is 1. The lowest BCUT2D eigenvalue weighted by Crippen LogP contribution is -2.28. The lowest BCUT2D eigenvalue weighted by Gasteiger charge is -2.08. The van der Waals surface area contributed by atoms with Crippen molar-refractivity contribution >= 4 is 22.8 Å². The molecule has 0 bridgehead atoms. The number of aryl methyl sites for hydroxylation is 1. The zero-order valence-electron chi connectivity index (χ0n) is 15.8. The third kappa shape index (κ3) is 4.07. The second kappa shape index (κ2) is 7.82. The molecule has 2 heterocycles. The number of benzene rings is 2. The van der Waals surface area contributed by atoms with E-state index in [0.29, 0.717) is 11.3 Å². The van der Waals surface area contributed by atoms with E-state index < -0.39 is 23.1 Å². The van der Waals surface area contributed by atoms with E-state index in [1.807, 2.05) is 25.1 Å². The number of carbonyl (C=O) groups is 1. The monoisotopic (exact) mass is 410 g/mol. The minimum Gasteiger partial charge on any atom is -0.325 e. The Kier molecular flexibility index (Phi) is 5.05. The minimum absolute atomic E-state index is 0.0184. The van der Waals surface area contributed by atoms with Crippen molar-refractivity contribution in [1.29, 1.82) is 0 Å². The first kappa shape index (κ1) is 19.4. The second-order valence-corrected chi connectivity index (χ2v) is 6.79. The molecule has 10 heteroatoms. The van der Waals surface area contributed by atoms with E-state index >= 15 is 0 Å². The van der Waals surface area contributed by atoms with Gasteiger partial charge in [-0.05, 0) is 42.3 Å². The number of nitrogens with zero attached hydrogens (tertiary/aromatic N) is 5. The van der Waals surface area contributed by atoms with Gasteiger partial charge in [0, 0.05) is 11.8 Å². The molecule has 4 rings (SSSR count). The van der Waals surface area contributed by atoms with Gasteiger partial charge in [0.2, 0.25) is 5.91 Å². The third-order valence-corrected chi connectivity index (χ3v) is 4.36. The number of nitrogens with one attached hydrogen (secondary N) is 1. The van der Waals surface area contributed by atoms with E-state index in [1.165, 1.54) is 11.0 Å². The summed E-state index contributed by atoms with van der Waals surface area (Å²) in [4.78, 5) is 29.1. The molecule has 0 unspecified atom stereocenters. The van der Waals surface area contributed by atoms with E-state index in [1.54, 1.807) is 6.07 Å². The molecule has 1 amide bonds. The van der Waals surface area contributed by atoms with Crippen molar-refractivity contribution in [3.05, 3.63) is 81.9 Å². The summed E-state index contributed by atoms with van der Waals surface area (Å²) in [5.41, 5.74) is 1.48. The van der Waals surface area contributed by atoms with Gasteiger partial charge >= 0.3 is 0 Å². The molecular weight excluding hydrogens is 394 g/mol. The number of halogens is 2. The molecule has 0 radical (unpaired) electrons. The largest absolute Gasteiger partial charge is 0.325 e. The van der Waals surface area contributed by atoms with Crippen molar-refractivity contribution < 1.29 is 13.6 Å². The number of carbonyl (C=O) groups excluding carboxylic acids is 1. The van der Waals surface area contributed by atoms with Gasteiger partial charge in [-0.2, -0.15) is 0 Å². The fourth-order valence-corrected chi connectivity index (χ4v) is 3.06. The average molecular weight is 410 g/mol. The van der Waals surface area contributed by atoms with Gasteiger partial charge in [0.25, 0.3) is 5.56 Å². The zero-order chi connectivity index (χ0) is 21.3. The molecule has 0 aliphatic heterocycles. The number of fused-ring (bicyclic) bond motifs is 1. The molecule has 0 saturated heterocycles. The van der Waals surface area contributed by atoms with Crippen LogP contribution in [0.5, 0.6) is 0 Å². The molecule has 0 fully saturated rings. The quantitative estimate of drug-likeness (QED) is 0.545. The van der Waals surface area contributed by atoms with E-state index in [2.05, 4.69) is 20.6 Å². The van der Waals surface area contributed by atoms with Crippen LogP contribution in [0.2, 0.25) is 0 Å². The fraction of sp³-hybridized carbons (Fsp3) is 0.150. The van der Waals surface area contributed by atoms with Gasteiger partial charge in [0.1, 0.15) is 24.5 Å². The molecule has 30 heavy (non-hydrogen) atoms. The van der Waals surface area contributed by atoms with Gasteiger partial charge in [-0.15, -0.1) is 5.10 Å². The van der Waals surface area contributed by atoms with Crippen molar-refractivity contribution in [2.75, 3.05) is 5.32 Å². The summed E-state index contributed by atoms with van der Waals surface area (Å²) in [6, 6.07) is 10.4. The van der Waals surface area contributed by atoms with Crippen LogP contribution in [0.3, 0.4) is 0 Å². The van der Waals surface area contributed by atoms with Gasteiger partial charge < -0.3 is 5.32 Å². The van der Waals surface area contributed by atoms with Crippen LogP contribution < -0.4 is 10.9 Å². The molecule has 152 valence electrons. The highest BCUT2D eigenvalue weighted by atomic mass is 19.1. The predicted molar refractivity (Wildman–Crippen MR) is 105 cm³/mol. The molecule has 0 spiro atoms. The molecule has 4 aromatic rings. The predicted octanol–water partition coefficient (Wildman–Crippen LogP) is 2.26. The van der Waals surface area contributed by atoms with Crippen LogP contribution in [0, 0.1) is 18.6 Å². The summed E-state index contributed by atoms with van der Waals surface area (Å²) in [6.45, 7) is 1.63. The van der Waals surface area contributed by atoms with Crippen molar-refractivity contribution in [3.8, 4) is 0 Å². The number of anilines is 1. The highest BCUT2D eigenvalue weighted by Crippen LogP contribution is 2.12. The highest BCUT2D eigenvalue weighted by molar-refractivity contribution is 5.90. The number of hydrogen-bond acceptors (Lipinski definition) is 5. The first-order chi connectivity index (χ1) is 14.4. The van der Waals surface area contributed by atoms with E-state index in [4.69, 9.17) is 0 Å². The summed E-state index contributed by atoms with van der Waals surface area (Å²) in [7, 11) is 0. The molecule has 0 atom stereocenters. The summed E-state index contributed by atoms with van der Waals surface area (Å²) >= 11 is 0. The van der Waals surface area contributed by atoms with Crippen molar-refractivity contribution in [3.63, 3.8) is 0 Å². The van der Waals surface area contributed by atoms with Crippen molar-refractivity contribution in [2.45, 2.75) is 20.0 Å².